The predicted molar refractivity (Wildman–Crippen MR) is 116 cm³/mol. The molecular formula is C22H22F3N5O6. The standard InChI is InChI=1S/C20H21N5O4.C2HF3O2/c1-12-21-8-10-24(12)9-7-18(27)22-15-4-2-3-13-14(15)11-25(20(13)29)16-5-6-17(26)23-19(16)28;3-2(4,5)1(6)7/h2-4,8,10,16H,5-7,9,11H2,1H3,(H,22,27)(H,23,26,28);(H,6,7). The molecule has 0 radical (unpaired) electrons. The monoisotopic (exact) mass is 509 g/mol. The van der Waals surface area contributed by atoms with Gasteiger partial charge in [-0.15, -0.1) is 0 Å². The molecule has 1 fully saturated rings. The Balaban J connectivity index is 0.000000454. The number of carbonyl (C=O) groups excluding carboxylic acids is 4. The van der Waals surface area contributed by atoms with Crippen molar-refractivity contribution in [3.8, 4) is 0 Å². The molecule has 1 unspecified atom stereocenters. The molecule has 1 atom stereocenters. The first-order valence-electron chi connectivity index (χ1n) is 10.7. The van der Waals surface area contributed by atoms with Crippen LogP contribution in [-0.4, -0.2) is 61.4 Å². The molecule has 3 heterocycles. The average molecular weight is 509 g/mol. The molecule has 36 heavy (non-hydrogen) atoms. The van der Waals surface area contributed by atoms with Crippen molar-refractivity contribution in [2.45, 2.75) is 51.5 Å². The summed E-state index contributed by atoms with van der Waals surface area (Å²) in [7, 11) is 0. The molecule has 1 aromatic carbocycles. The number of imide groups is 1. The maximum atomic E-state index is 12.8. The van der Waals surface area contributed by atoms with Crippen LogP contribution in [-0.2, 0) is 32.3 Å². The van der Waals surface area contributed by atoms with E-state index in [0.29, 0.717) is 29.8 Å². The summed E-state index contributed by atoms with van der Waals surface area (Å²) in [6, 6.07) is 4.47. The van der Waals surface area contributed by atoms with E-state index in [1.165, 1.54) is 4.90 Å². The van der Waals surface area contributed by atoms with Crippen molar-refractivity contribution in [2.24, 2.45) is 0 Å². The highest BCUT2D eigenvalue weighted by molar-refractivity contribution is 6.06. The van der Waals surface area contributed by atoms with Gasteiger partial charge < -0.3 is 19.9 Å². The molecule has 2 aliphatic heterocycles. The highest BCUT2D eigenvalue weighted by Crippen LogP contribution is 2.32. The third-order valence-electron chi connectivity index (χ3n) is 5.60. The molecule has 4 amide bonds. The highest BCUT2D eigenvalue weighted by atomic mass is 19.4. The van der Waals surface area contributed by atoms with Crippen LogP contribution in [0.2, 0.25) is 0 Å². The van der Waals surface area contributed by atoms with E-state index in [1.807, 2.05) is 17.7 Å². The minimum absolute atomic E-state index is 0.168. The number of aliphatic carboxylic acids is 1. The third kappa shape index (κ3) is 6.06. The predicted octanol–water partition coefficient (Wildman–Crippen LogP) is 1.61. The lowest BCUT2D eigenvalue weighted by molar-refractivity contribution is -0.192. The summed E-state index contributed by atoms with van der Waals surface area (Å²) in [6.45, 7) is 2.60. The van der Waals surface area contributed by atoms with Crippen LogP contribution in [0.5, 0.6) is 0 Å². The van der Waals surface area contributed by atoms with Gasteiger partial charge in [-0.3, -0.25) is 24.5 Å². The van der Waals surface area contributed by atoms with E-state index < -0.39 is 24.1 Å². The van der Waals surface area contributed by atoms with E-state index in [4.69, 9.17) is 9.90 Å². The number of carboxylic acids is 1. The molecule has 14 heteroatoms. The third-order valence-corrected chi connectivity index (χ3v) is 5.60. The zero-order valence-corrected chi connectivity index (χ0v) is 19.0. The lowest BCUT2D eigenvalue weighted by Crippen LogP contribution is -2.52. The Kier molecular flexibility index (Phi) is 7.75. The molecule has 2 aromatic rings. The van der Waals surface area contributed by atoms with Gasteiger partial charge in [-0.1, -0.05) is 6.07 Å². The van der Waals surface area contributed by atoms with Crippen LogP contribution >= 0.6 is 0 Å². The van der Waals surface area contributed by atoms with Crippen LogP contribution in [0.1, 0.15) is 41.0 Å². The molecule has 0 spiro atoms. The van der Waals surface area contributed by atoms with E-state index in [1.54, 1.807) is 24.4 Å². The van der Waals surface area contributed by atoms with Crippen LogP contribution in [0.25, 0.3) is 0 Å². The van der Waals surface area contributed by atoms with Gasteiger partial charge in [-0.2, -0.15) is 13.2 Å². The van der Waals surface area contributed by atoms with Crippen molar-refractivity contribution in [3.05, 3.63) is 47.5 Å². The van der Waals surface area contributed by atoms with Crippen LogP contribution in [0.3, 0.4) is 0 Å². The fourth-order valence-electron chi connectivity index (χ4n) is 3.78. The van der Waals surface area contributed by atoms with Gasteiger partial charge in [-0.05, 0) is 25.5 Å². The molecule has 0 aliphatic carbocycles. The Morgan fingerprint density at radius 1 is 1.25 bits per heavy atom. The SMILES string of the molecule is Cc1nccn1CCC(=O)Nc1cccc2c1CN(C1CCC(=O)NC1=O)C2=O.O=C(O)C(F)(F)F. The van der Waals surface area contributed by atoms with Crippen LogP contribution in [0.4, 0.5) is 18.9 Å². The molecule has 4 rings (SSSR count). The van der Waals surface area contributed by atoms with Crippen LogP contribution in [0, 0.1) is 6.92 Å². The number of hydrogen-bond acceptors (Lipinski definition) is 6. The van der Waals surface area contributed by atoms with Gasteiger partial charge in [0.2, 0.25) is 17.7 Å². The number of nitrogens with zero attached hydrogens (tertiary/aromatic N) is 3. The largest absolute Gasteiger partial charge is 0.490 e. The molecule has 192 valence electrons. The second-order valence-electron chi connectivity index (χ2n) is 8.00. The molecule has 0 saturated carbocycles. The Bertz CT molecular complexity index is 1210. The van der Waals surface area contributed by atoms with E-state index in [-0.39, 0.29) is 37.1 Å². The van der Waals surface area contributed by atoms with Crippen molar-refractivity contribution in [1.29, 1.82) is 0 Å². The normalized spacial score (nSPS) is 17.2. The zero-order valence-electron chi connectivity index (χ0n) is 19.0. The molecule has 0 bridgehead atoms. The fourth-order valence-corrected chi connectivity index (χ4v) is 3.78. The van der Waals surface area contributed by atoms with Gasteiger partial charge in [0.05, 0.1) is 0 Å². The number of imidazole rings is 1. The van der Waals surface area contributed by atoms with Gasteiger partial charge in [-0.25, -0.2) is 9.78 Å². The number of anilines is 1. The van der Waals surface area contributed by atoms with Crippen molar-refractivity contribution >= 4 is 35.3 Å². The quantitative estimate of drug-likeness (QED) is 0.518. The van der Waals surface area contributed by atoms with Crippen molar-refractivity contribution in [1.82, 2.24) is 19.8 Å². The number of benzene rings is 1. The topological polar surface area (TPSA) is 151 Å². The Morgan fingerprint density at radius 3 is 2.53 bits per heavy atom. The number of rotatable bonds is 5. The number of nitrogens with one attached hydrogen (secondary N) is 2. The fraction of sp³-hybridized carbons (Fsp3) is 0.364. The van der Waals surface area contributed by atoms with Crippen molar-refractivity contribution < 1.29 is 42.3 Å². The second-order valence-corrected chi connectivity index (χ2v) is 8.00. The number of piperidine rings is 1. The average Bonchev–Trinajstić information content (AvgIpc) is 3.36. The van der Waals surface area contributed by atoms with E-state index in [0.717, 1.165) is 5.82 Å². The molecule has 2 aliphatic rings. The molecule has 11 nitrogen and oxygen atoms in total. The number of aryl methyl sites for hydroxylation is 2. The Labute approximate surface area is 202 Å². The highest BCUT2D eigenvalue weighted by Gasteiger charge is 2.40. The summed E-state index contributed by atoms with van der Waals surface area (Å²) in [5, 5.41) is 12.3. The van der Waals surface area contributed by atoms with Gasteiger partial charge in [0.1, 0.15) is 11.9 Å². The first kappa shape index (κ1) is 26.4. The number of amides is 4. The van der Waals surface area contributed by atoms with Gasteiger partial charge in [0.15, 0.2) is 0 Å². The number of carboxylic acid groups (broad SMARTS) is 1. The zero-order chi connectivity index (χ0) is 26.6. The van der Waals surface area contributed by atoms with Gasteiger partial charge in [0.25, 0.3) is 5.91 Å². The lowest BCUT2D eigenvalue weighted by Gasteiger charge is -2.29. The van der Waals surface area contributed by atoms with Crippen LogP contribution in [0.15, 0.2) is 30.6 Å². The minimum atomic E-state index is -5.08. The van der Waals surface area contributed by atoms with E-state index >= 15 is 0 Å². The summed E-state index contributed by atoms with van der Waals surface area (Å²) in [4.78, 5) is 63.3. The number of aromatic nitrogens is 2. The number of alkyl halides is 3. The molecule has 1 aromatic heterocycles. The molecule has 3 N–H and O–H groups in total. The van der Waals surface area contributed by atoms with Crippen LogP contribution < -0.4 is 10.6 Å². The Hall–Kier alpha value is -4.23. The van der Waals surface area contributed by atoms with E-state index in [9.17, 15) is 32.3 Å². The number of carbonyl (C=O) groups is 5. The Morgan fingerprint density at radius 2 is 1.94 bits per heavy atom. The maximum Gasteiger partial charge on any atom is 0.490 e. The van der Waals surface area contributed by atoms with E-state index in [2.05, 4.69) is 15.6 Å². The summed E-state index contributed by atoms with van der Waals surface area (Å²) in [5.74, 6) is -3.13. The smallest absolute Gasteiger partial charge is 0.475 e. The van der Waals surface area contributed by atoms with Gasteiger partial charge >= 0.3 is 12.1 Å². The molecular weight excluding hydrogens is 487 g/mol. The summed E-state index contributed by atoms with van der Waals surface area (Å²) < 4.78 is 33.6. The first-order chi connectivity index (χ1) is 16.9. The van der Waals surface area contributed by atoms with Crippen molar-refractivity contribution in [3.63, 3.8) is 0 Å². The summed E-state index contributed by atoms with van der Waals surface area (Å²) >= 11 is 0. The van der Waals surface area contributed by atoms with Crippen molar-refractivity contribution in [2.75, 3.05) is 5.32 Å². The number of halogens is 3. The maximum absolute atomic E-state index is 12.8. The van der Waals surface area contributed by atoms with Gasteiger partial charge in [0, 0.05) is 55.1 Å². The number of hydrogen-bond donors (Lipinski definition) is 3. The minimum Gasteiger partial charge on any atom is -0.475 e. The summed E-state index contributed by atoms with van der Waals surface area (Å²) in [6.07, 6.45) is -0.804. The second kappa shape index (κ2) is 10.6. The number of fused-ring (bicyclic) bond motifs is 1. The lowest BCUT2D eigenvalue weighted by atomic mass is 10.0. The summed E-state index contributed by atoms with van der Waals surface area (Å²) in [5.41, 5.74) is 1.73. The molecule has 1 saturated heterocycles. The first-order valence-corrected chi connectivity index (χ1v) is 10.7.